The molecule has 0 spiro atoms. The first kappa shape index (κ1) is 12.1. The van der Waals surface area contributed by atoms with Crippen LogP contribution in [-0.2, 0) is 13.5 Å². The molecule has 0 amide bonds. The van der Waals surface area contributed by atoms with Gasteiger partial charge in [0.1, 0.15) is 0 Å². The van der Waals surface area contributed by atoms with Gasteiger partial charge in [0.15, 0.2) is 5.13 Å². The van der Waals surface area contributed by atoms with Crippen molar-refractivity contribution < 1.29 is 0 Å². The van der Waals surface area contributed by atoms with Crippen molar-refractivity contribution in [2.24, 2.45) is 7.05 Å². The number of anilines is 1. The van der Waals surface area contributed by atoms with Crippen LogP contribution in [0.15, 0.2) is 6.20 Å². The van der Waals surface area contributed by atoms with Gasteiger partial charge < -0.3 is 5.73 Å². The average molecular weight is 250 g/mol. The maximum atomic E-state index is 5.76. The summed E-state index contributed by atoms with van der Waals surface area (Å²) < 4.78 is 1.88. The van der Waals surface area contributed by atoms with E-state index in [0.717, 1.165) is 17.8 Å². The van der Waals surface area contributed by atoms with E-state index in [-0.39, 0.29) is 0 Å². The zero-order chi connectivity index (χ0) is 12.6. The van der Waals surface area contributed by atoms with Gasteiger partial charge in [-0.1, -0.05) is 13.8 Å². The van der Waals surface area contributed by atoms with Gasteiger partial charge in [-0.15, -0.1) is 11.3 Å². The Hall–Kier alpha value is -1.36. The highest BCUT2D eigenvalue weighted by molar-refractivity contribution is 7.15. The van der Waals surface area contributed by atoms with Crippen LogP contribution in [0.3, 0.4) is 0 Å². The third-order valence-electron chi connectivity index (χ3n) is 2.98. The van der Waals surface area contributed by atoms with Crippen molar-refractivity contribution in [1.29, 1.82) is 0 Å². The van der Waals surface area contributed by atoms with E-state index >= 15 is 0 Å². The quantitative estimate of drug-likeness (QED) is 0.910. The normalized spacial score (nSPS) is 12.9. The second-order valence-electron chi connectivity index (χ2n) is 4.28. The first-order valence-corrected chi connectivity index (χ1v) is 6.59. The largest absolute Gasteiger partial charge is 0.375 e. The van der Waals surface area contributed by atoms with Crippen molar-refractivity contribution in [3.05, 3.63) is 28.0 Å². The standard InChI is InChI=1S/C12H18N4S/c1-5-10-9(6-16(4)15-10)7(2)11-8(3)14-12(13)17-11/h6-7H,5H2,1-4H3,(H2,13,14). The second kappa shape index (κ2) is 4.49. The van der Waals surface area contributed by atoms with E-state index in [4.69, 9.17) is 5.73 Å². The molecule has 0 aromatic carbocycles. The molecule has 2 aromatic rings. The third-order valence-corrected chi connectivity index (χ3v) is 4.15. The highest BCUT2D eigenvalue weighted by atomic mass is 32.1. The predicted molar refractivity (Wildman–Crippen MR) is 71.4 cm³/mol. The van der Waals surface area contributed by atoms with E-state index in [1.54, 1.807) is 11.3 Å². The van der Waals surface area contributed by atoms with E-state index < -0.39 is 0 Å². The van der Waals surface area contributed by atoms with Gasteiger partial charge in [-0.05, 0) is 13.3 Å². The Bertz CT molecular complexity index is 527. The molecule has 0 fully saturated rings. The lowest BCUT2D eigenvalue weighted by atomic mass is 9.98. The molecule has 0 saturated heterocycles. The zero-order valence-corrected chi connectivity index (χ0v) is 11.5. The molecule has 17 heavy (non-hydrogen) atoms. The van der Waals surface area contributed by atoms with E-state index in [2.05, 4.69) is 30.1 Å². The first-order chi connectivity index (χ1) is 8.02. The second-order valence-corrected chi connectivity index (χ2v) is 5.34. The van der Waals surface area contributed by atoms with Crippen molar-refractivity contribution in [2.45, 2.75) is 33.1 Å². The Balaban J connectivity index is 2.42. The topological polar surface area (TPSA) is 56.7 Å². The van der Waals surface area contributed by atoms with Crippen LogP contribution in [0.5, 0.6) is 0 Å². The molecule has 0 aliphatic heterocycles. The van der Waals surface area contributed by atoms with Gasteiger partial charge in [0.2, 0.25) is 0 Å². The van der Waals surface area contributed by atoms with Crippen LogP contribution in [0.1, 0.15) is 41.6 Å². The van der Waals surface area contributed by atoms with Crippen LogP contribution in [0.2, 0.25) is 0 Å². The van der Waals surface area contributed by atoms with Gasteiger partial charge in [0, 0.05) is 29.6 Å². The molecule has 2 heterocycles. The van der Waals surface area contributed by atoms with Gasteiger partial charge >= 0.3 is 0 Å². The molecule has 0 aliphatic carbocycles. The summed E-state index contributed by atoms with van der Waals surface area (Å²) in [6.45, 7) is 6.34. The minimum Gasteiger partial charge on any atom is -0.375 e. The predicted octanol–water partition coefficient (Wildman–Crippen LogP) is 2.48. The van der Waals surface area contributed by atoms with Gasteiger partial charge in [-0.25, -0.2) is 4.98 Å². The lowest BCUT2D eigenvalue weighted by Crippen LogP contribution is -1.98. The summed E-state index contributed by atoms with van der Waals surface area (Å²) in [5.74, 6) is 0.313. The van der Waals surface area contributed by atoms with Gasteiger partial charge in [-0.2, -0.15) is 5.10 Å². The molecule has 2 N–H and O–H groups in total. The van der Waals surface area contributed by atoms with E-state index in [0.29, 0.717) is 11.0 Å². The minimum atomic E-state index is 0.313. The highest BCUT2D eigenvalue weighted by Crippen LogP contribution is 2.33. The summed E-state index contributed by atoms with van der Waals surface area (Å²) in [7, 11) is 1.96. The molecule has 0 saturated carbocycles. The lowest BCUT2D eigenvalue weighted by molar-refractivity contribution is 0.746. The number of hydrogen-bond donors (Lipinski definition) is 1. The smallest absolute Gasteiger partial charge is 0.180 e. The van der Waals surface area contributed by atoms with Crippen LogP contribution < -0.4 is 5.73 Å². The molecule has 4 nitrogen and oxygen atoms in total. The molecule has 92 valence electrons. The number of hydrogen-bond acceptors (Lipinski definition) is 4. The Labute approximate surface area is 105 Å². The van der Waals surface area contributed by atoms with Crippen LogP contribution in [-0.4, -0.2) is 14.8 Å². The lowest BCUT2D eigenvalue weighted by Gasteiger charge is -2.09. The molecule has 2 rings (SSSR count). The van der Waals surface area contributed by atoms with Crippen LogP contribution in [0, 0.1) is 6.92 Å². The highest BCUT2D eigenvalue weighted by Gasteiger charge is 2.19. The number of nitrogens with two attached hydrogens (primary N) is 1. The van der Waals surface area contributed by atoms with Crippen LogP contribution in [0.4, 0.5) is 5.13 Å². The number of nitrogen functional groups attached to an aromatic ring is 1. The number of nitrogens with zero attached hydrogens (tertiary/aromatic N) is 3. The van der Waals surface area contributed by atoms with Crippen molar-refractivity contribution in [3.63, 3.8) is 0 Å². The van der Waals surface area contributed by atoms with Gasteiger partial charge in [-0.3, -0.25) is 4.68 Å². The Morgan fingerprint density at radius 2 is 2.24 bits per heavy atom. The fourth-order valence-electron chi connectivity index (χ4n) is 2.16. The molecule has 5 heteroatoms. The fraction of sp³-hybridized carbons (Fsp3) is 0.500. The zero-order valence-electron chi connectivity index (χ0n) is 10.7. The third kappa shape index (κ3) is 2.20. The maximum absolute atomic E-state index is 5.76. The number of thiazole rings is 1. The van der Waals surface area contributed by atoms with Gasteiger partial charge in [0.05, 0.1) is 11.4 Å². The van der Waals surface area contributed by atoms with Crippen LogP contribution in [0.25, 0.3) is 0 Å². The first-order valence-electron chi connectivity index (χ1n) is 5.78. The van der Waals surface area contributed by atoms with E-state index in [9.17, 15) is 0 Å². The average Bonchev–Trinajstić information content (AvgIpc) is 2.80. The number of rotatable bonds is 3. The molecular weight excluding hydrogens is 232 g/mol. The van der Waals surface area contributed by atoms with E-state index in [1.165, 1.54) is 10.4 Å². The van der Waals surface area contributed by atoms with Crippen molar-refractivity contribution >= 4 is 16.5 Å². The van der Waals surface area contributed by atoms with Gasteiger partial charge in [0.25, 0.3) is 0 Å². The number of aryl methyl sites for hydroxylation is 3. The molecule has 1 atom stereocenters. The Kier molecular flexibility index (Phi) is 3.19. The molecule has 1 unspecified atom stereocenters. The monoisotopic (exact) mass is 250 g/mol. The summed E-state index contributed by atoms with van der Waals surface area (Å²) in [6, 6.07) is 0. The molecule has 0 radical (unpaired) electrons. The van der Waals surface area contributed by atoms with Crippen LogP contribution >= 0.6 is 11.3 Å². The number of aromatic nitrogens is 3. The molecular formula is C12H18N4S. The van der Waals surface area contributed by atoms with Crippen molar-refractivity contribution in [3.8, 4) is 0 Å². The van der Waals surface area contributed by atoms with Crippen molar-refractivity contribution in [2.75, 3.05) is 5.73 Å². The summed E-state index contributed by atoms with van der Waals surface area (Å²) in [6.07, 6.45) is 3.05. The summed E-state index contributed by atoms with van der Waals surface area (Å²) in [5.41, 5.74) is 9.23. The summed E-state index contributed by atoms with van der Waals surface area (Å²) >= 11 is 1.58. The summed E-state index contributed by atoms with van der Waals surface area (Å²) in [5, 5.41) is 5.13. The molecule has 2 aromatic heterocycles. The molecule has 0 aliphatic rings. The van der Waals surface area contributed by atoms with E-state index in [1.807, 2.05) is 18.7 Å². The molecule has 0 bridgehead atoms. The SMILES string of the molecule is CCc1nn(C)cc1C(C)c1sc(N)nc1C. The fourth-order valence-corrected chi connectivity index (χ4v) is 3.07. The Morgan fingerprint density at radius 3 is 2.76 bits per heavy atom. The minimum absolute atomic E-state index is 0.313. The summed E-state index contributed by atoms with van der Waals surface area (Å²) in [4.78, 5) is 5.53. The Morgan fingerprint density at radius 1 is 1.53 bits per heavy atom. The maximum Gasteiger partial charge on any atom is 0.180 e. The van der Waals surface area contributed by atoms with Crippen molar-refractivity contribution in [1.82, 2.24) is 14.8 Å².